The van der Waals surface area contributed by atoms with E-state index in [1.807, 2.05) is 35.7 Å². The fourth-order valence-electron chi connectivity index (χ4n) is 3.13. The molecule has 0 radical (unpaired) electrons. The summed E-state index contributed by atoms with van der Waals surface area (Å²) in [6.45, 7) is 1.71. The first-order valence-corrected chi connectivity index (χ1v) is 11.0. The van der Waals surface area contributed by atoms with Crippen molar-refractivity contribution in [1.82, 2.24) is 24.1 Å². The lowest BCUT2D eigenvalue weighted by Crippen LogP contribution is -2.32. The number of aromatic nitrogens is 2. The molecular weight excluding hydrogens is 402 g/mol. The van der Waals surface area contributed by atoms with Crippen LogP contribution in [0, 0.1) is 0 Å². The third-order valence-corrected chi connectivity index (χ3v) is 6.63. The van der Waals surface area contributed by atoms with Crippen molar-refractivity contribution in [3.05, 3.63) is 60.0 Å². The van der Waals surface area contributed by atoms with Crippen LogP contribution in [0.25, 0.3) is 10.9 Å². The smallest absolute Gasteiger partial charge is 0.267 e. The van der Waals surface area contributed by atoms with Crippen molar-refractivity contribution in [2.45, 2.75) is 11.4 Å². The third-order valence-electron chi connectivity index (χ3n) is 4.82. The number of carbonyl (C=O) groups excluding carboxylic acids is 1. The number of benzene rings is 1. The molecule has 2 heterocycles. The molecule has 0 unspecified atom stereocenters. The van der Waals surface area contributed by atoms with Gasteiger partial charge in [-0.15, -0.1) is 0 Å². The summed E-state index contributed by atoms with van der Waals surface area (Å²) in [5.74, 6) is -0.195. The average molecular weight is 430 g/mol. The van der Waals surface area contributed by atoms with Gasteiger partial charge < -0.3 is 14.8 Å². The van der Waals surface area contributed by atoms with Gasteiger partial charge in [-0.2, -0.15) is 0 Å². The van der Waals surface area contributed by atoms with Crippen molar-refractivity contribution in [2.24, 2.45) is 0 Å². The van der Waals surface area contributed by atoms with Crippen LogP contribution in [-0.4, -0.2) is 74.4 Å². The van der Waals surface area contributed by atoms with Crippen LogP contribution >= 0.6 is 0 Å². The molecule has 160 valence electrons. The second kappa shape index (κ2) is 8.95. The second-order valence-electron chi connectivity index (χ2n) is 7.54. The number of nitrogens with one attached hydrogen (secondary N) is 1. The van der Waals surface area contributed by atoms with Crippen LogP contribution < -0.4 is 5.32 Å². The molecule has 1 aromatic carbocycles. The van der Waals surface area contributed by atoms with E-state index in [4.69, 9.17) is 0 Å². The molecule has 0 saturated heterocycles. The van der Waals surface area contributed by atoms with E-state index in [1.54, 1.807) is 36.7 Å². The van der Waals surface area contributed by atoms with Gasteiger partial charge in [0.1, 0.15) is 5.69 Å². The molecule has 1 amide bonds. The normalized spacial score (nSPS) is 12.1. The minimum absolute atomic E-state index is 0.195. The standard InChI is InChI=1S/C21H27N5O3S/c1-24(2)12-11-23-21(27)20-14-17-13-18(30(28,29)25(3)4)5-6-19(17)26(20)15-16-7-9-22-10-8-16/h5-10,13-14H,11-12,15H2,1-4H3,(H,23,27). The van der Waals surface area contributed by atoms with Crippen LogP contribution in [0.15, 0.2) is 53.7 Å². The molecule has 0 bridgehead atoms. The maximum Gasteiger partial charge on any atom is 0.267 e. The van der Waals surface area contributed by atoms with Crippen LogP contribution in [0.5, 0.6) is 0 Å². The van der Waals surface area contributed by atoms with Crippen LogP contribution in [0.1, 0.15) is 16.1 Å². The summed E-state index contributed by atoms with van der Waals surface area (Å²) >= 11 is 0. The minimum atomic E-state index is -3.57. The quantitative estimate of drug-likeness (QED) is 0.588. The first kappa shape index (κ1) is 21.9. The summed E-state index contributed by atoms with van der Waals surface area (Å²) < 4.78 is 28.1. The Bertz CT molecular complexity index is 1140. The number of sulfonamides is 1. The van der Waals surface area contributed by atoms with Gasteiger partial charge in [0, 0.05) is 57.0 Å². The summed E-state index contributed by atoms with van der Waals surface area (Å²) in [4.78, 5) is 19.1. The Hall–Kier alpha value is -2.75. The van der Waals surface area contributed by atoms with Crippen LogP contribution in [-0.2, 0) is 16.6 Å². The largest absolute Gasteiger partial charge is 0.349 e. The molecule has 3 aromatic rings. The number of likely N-dealkylation sites (N-methyl/N-ethyl adjacent to an activating group) is 1. The lowest BCUT2D eigenvalue weighted by atomic mass is 10.2. The number of nitrogens with zero attached hydrogens (tertiary/aromatic N) is 4. The molecule has 1 N–H and O–H groups in total. The Labute approximate surface area is 177 Å². The summed E-state index contributed by atoms with van der Waals surface area (Å²) in [5, 5.41) is 3.64. The molecule has 0 aliphatic heterocycles. The van der Waals surface area contributed by atoms with E-state index >= 15 is 0 Å². The Balaban J connectivity index is 2.05. The van der Waals surface area contributed by atoms with Crippen molar-refractivity contribution >= 4 is 26.8 Å². The van der Waals surface area contributed by atoms with Crippen molar-refractivity contribution in [3.63, 3.8) is 0 Å². The van der Waals surface area contributed by atoms with E-state index in [0.29, 0.717) is 24.2 Å². The van der Waals surface area contributed by atoms with E-state index in [2.05, 4.69) is 10.3 Å². The number of fused-ring (bicyclic) bond motifs is 1. The fourth-order valence-corrected chi connectivity index (χ4v) is 4.07. The number of pyridine rings is 1. The topological polar surface area (TPSA) is 87.5 Å². The Morgan fingerprint density at radius 2 is 1.77 bits per heavy atom. The molecule has 0 saturated carbocycles. The predicted octanol–water partition coefficient (Wildman–Crippen LogP) is 1.63. The van der Waals surface area contributed by atoms with Crippen LogP contribution in [0.2, 0.25) is 0 Å². The zero-order chi connectivity index (χ0) is 21.9. The number of hydrogen-bond acceptors (Lipinski definition) is 5. The first-order chi connectivity index (χ1) is 14.2. The van der Waals surface area contributed by atoms with E-state index in [0.717, 1.165) is 17.6 Å². The van der Waals surface area contributed by atoms with E-state index in [-0.39, 0.29) is 10.8 Å². The highest BCUT2D eigenvalue weighted by molar-refractivity contribution is 7.89. The van der Waals surface area contributed by atoms with Crippen molar-refractivity contribution in [2.75, 3.05) is 41.3 Å². The molecule has 3 rings (SSSR count). The summed E-state index contributed by atoms with van der Waals surface area (Å²) in [5.41, 5.74) is 2.28. The number of amides is 1. The summed E-state index contributed by atoms with van der Waals surface area (Å²) in [7, 11) is 3.32. The van der Waals surface area contributed by atoms with Gasteiger partial charge in [0.2, 0.25) is 10.0 Å². The molecule has 30 heavy (non-hydrogen) atoms. The summed E-state index contributed by atoms with van der Waals surface area (Å²) in [6.07, 6.45) is 3.42. The molecule has 0 aliphatic rings. The lowest BCUT2D eigenvalue weighted by Gasteiger charge is -2.14. The number of carbonyl (C=O) groups is 1. The van der Waals surface area contributed by atoms with Gasteiger partial charge in [-0.05, 0) is 56.1 Å². The predicted molar refractivity (Wildman–Crippen MR) is 117 cm³/mol. The molecular formula is C21H27N5O3S. The molecule has 8 nitrogen and oxygen atoms in total. The third kappa shape index (κ3) is 4.69. The Morgan fingerprint density at radius 1 is 1.07 bits per heavy atom. The van der Waals surface area contributed by atoms with E-state index < -0.39 is 10.0 Å². The lowest BCUT2D eigenvalue weighted by molar-refractivity contribution is 0.0942. The van der Waals surface area contributed by atoms with Gasteiger partial charge in [0.15, 0.2) is 0 Å². The van der Waals surface area contributed by atoms with Gasteiger partial charge in [-0.25, -0.2) is 12.7 Å². The summed E-state index contributed by atoms with van der Waals surface area (Å²) in [6, 6.07) is 10.5. The molecule has 0 fully saturated rings. The SMILES string of the molecule is CN(C)CCNC(=O)c1cc2cc(S(=O)(=O)N(C)C)ccc2n1Cc1ccncc1. The maximum absolute atomic E-state index is 12.9. The molecule has 9 heteroatoms. The van der Waals surface area contributed by atoms with Gasteiger partial charge >= 0.3 is 0 Å². The Kier molecular flexibility index (Phi) is 6.55. The fraction of sp³-hybridized carbons (Fsp3) is 0.333. The van der Waals surface area contributed by atoms with Gasteiger partial charge in [0.05, 0.1) is 4.90 Å². The van der Waals surface area contributed by atoms with Gasteiger partial charge in [-0.3, -0.25) is 9.78 Å². The molecule has 0 atom stereocenters. The van der Waals surface area contributed by atoms with Crippen LogP contribution in [0.4, 0.5) is 0 Å². The zero-order valence-electron chi connectivity index (χ0n) is 17.7. The highest BCUT2D eigenvalue weighted by Gasteiger charge is 2.21. The maximum atomic E-state index is 12.9. The van der Waals surface area contributed by atoms with Crippen molar-refractivity contribution in [3.8, 4) is 0 Å². The molecule has 0 aliphatic carbocycles. The Morgan fingerprint density at radius 3 is 2.40 bits per heavy atom. The number of hydrogen-bond donors (Lipinski definition) is 1. The zero-order valence-corrected chi connectivity index (χ0v) is 18.5. The minimum Gasteiger partial charge on any atom is -0.349 e. The highest BCUT2D eigenvalue weighted by atomic mass is 32.2. The van der Waals surface area contributed by atoms with Crippen molar-refractivity contribution < 1.29 is 13.2 Å². The molecule has 0 spiro atoms. The number of rotatable bonds is 8. The van der Waals surface area contributed by atoms with Crippen molar-refractivity contribution in [1.29, 1.82) is 0 Å². The first-order valence-electron chi connectivity index (χ1n) is 9.58. The van der Waals surface area contributed by atoms with Gasteiger partial charge in [0.25, 0.3) is 5.91 Å². The highest BCUT2D eigenvalue weighted by Crippen LogP contribution is 2.25. The van der Waals surface area contributed by atoms with E-state index in [1.165, 1.54) is 18.4 Å². The van der Waals surface area contributed by atoms with Crippen LogP contribution in [0.3, 0.4) is 0 Å². The van der Waals surface area contributed by atoms with Gasteiger partial charge in [-0.1, -0.05) is 0 Å². The average Bonchev–Trinajstić information content (AvgIpc) is 3.06. The second-order valence-corrected chi connectivity index (χ2v) is 9.69. The molecule has 2 aromatic heterocycles. The monoisotopic (exact) mass is 429 g/mol. The van der Waals surface area contributed by atoms with E-state index in [9.17, 15) is 13.2 Å².